The van der Waals surface area contributed by atoms with Gasteiger partial charge in [-0.2, -0.15) is 13.5 Å². The Morgan fingerprint density at radius 1 is 0.968 bits per heavy atom. The summed E-state index contributed by atoms with van der Waals surface area (Å²) < 4.78 is 59.3. The summed E-state index contributed by atoms with van der Waals surface area (Å²) >= 11 is 2.28. The van der Waals surface area contributed by atoms with Crippen LogP contribution in [-0.2, 0) is 48.1 Å². The van der Waals surface area contributed by atoms with Crippen molar-refractivity contribution in [3.05, 3.63) is 29.3 Å². The van der Waals surface area contributed by atoms with Crippen molar-refractivity contribution in [2.24, 2.45) is 11.1 Å². The first-order valence-electron chi connectivity index (χ1n) is 19.2. The SMILES string of the molecule is CC(C)(C)OC(=O)Nc1nc(/C(=N/O[C@@H](COc2ccc3nc(NC4CN(C(=O)OC(C)(C)C)C4)sc3c2)C(=O)OC(C)(C)C)C(=O)C[C@@H]2C(=O)N(OS(=O)(=O)O)C2(C)C)cs1. The number of hydrogen-bond donors (Lipinski definition) is 3. The van der Waals surface area contributed by atoms with E-state index in [0.717, 1.165) is 16.0 Å². The molecule has 340 valence electrons. The van der Waals surface area contributed by atoms with E-state index < -0.39 is 87.3 Å². The molecule has 3 N–H and O–H groups in total. The smallest absolute Gasteiger partial charge is 0.418 e. The van der Waals surface area contributed by atoms with E-state index >= 15 is 0 Å². The highest BCUT2D eigenvalue weighted by atomic mass is 32.3. The van der Waals surface area contributed by atoms with Gasteiger partial charge < -0.3 is 34.0 Å². The van der Waals surface area contributed by atoms with Crippen molar-refractivity contribution in [1.29, 1.82) is 0 Å². The molecule has 2 saturated heterocycles. The average Bonchev–Trinajstić information content (AvgIpc) is 3.72. The van der Waals surface area contributed by atoms with Gasteiger partial charge in [-0.1, -0.05) is 16.5 Å². The highest BCUT2D eigenvalue weighted by molar-refractivity contribution is 7.80. The van der Waals surface area contributed by atoms with Crippen molar-refractivity contribution in [2.75, 3.05) is 30.3 Å². The molecule has 2 aliphatic rings. The second-order valence-corrected chi connectivity index (χ2v) is 20.8. The standard InChI is InChI=1S/C38H51N7O14S3/c1-35(2,3)55-30(48)26(18-54-21-12-13-23-27(14-21)61-32(40-23)39-20-16-44(17-20)34(50)57-37(7,8)9)58-43-28(24-19-60-31(41-24)42-33(49)56-36(4,5)6)25(46)15-22-29(47)45(38(22,10)11)59-62(51,52)53/h12-14,19-20,22,26H,15-18H2,1-11H3,(H,39,40)(H,41,42,49)(H,51,52,53)/b43-28-/t22-,26+/m1/s1. The van der Waals surface area contributed by atoms with Gasteiger partial charge in [-0.3, -0.25) is 19.5 Å². The molecule has 1 aromatic carbocycles. The lowest BCUT2D eigenvalue weighted by Crippen LogP contribution is -2.68. The molecule has 0 unspecified atom stereocenters. The largest absolute Gasteiger partial charge is 0.489 e. The van der Waals surface area contributed by atoms with Gasteiger partial charge in [-0.25, -0.2) is 24.4 Å². The minimum atomic E-state index is -5.06. The molecule has 21 nitrogen and oxygen atoms in total. The van der Waals surface area contributed by atoms with E-state index in [4.69, 9.17) is 28.3 Å². The summed E-state index contributed by atoms with van der Waals surface area (Å²) in [4.78, 5) is 81.4. The molecule has 0 radical (unpaired) electrons. The molecular formula is C38H51N7O14S3. The van der Waals surface area contributed by atoms with Crippen LogP contribution in [0.3, 0.4) is 0 Å². The minimum absolute atomic E-state index is 0.0156. The Hall–Kier alpha value is -5.17. The van der Waals surface area contributed by atoms with E-state index in [-0.39, 0.29) is 23.0 Å². The molecule has 3 amide bonds. The van der Waals surface area contributed by atoms with Gasteiger partial charge in [0.1, 0.15) is 34.9 Å². The van der Waals surface area contributed by atoms with Gasteiger partial charge in [0.2, 0.25) is 0 Å². The van der Waals surface area contributed by atoms with Crippen LogP contribution in [0.15, 0.2) is 28.7 Å². The zero-order chi connectivity index (χ0) is 46.2. The molecule has 0 aliphatic carbocycles. The zero-order valence-electron chi connectivity index (χ0n) is 36.1. The molecule has 0 saturated carbocycles. The monoisotopic (exact) mass is 925 g/mol. The van der Waals surface area contributed by atoms with E-state index in [1.165, 1.54) is 30.6 Å². The molecular weight excluding hydrogens is 875 g/mol. The lowest BCUT2D eigenvalue weighted by atomic mass is 9.74. The number of benzene rings is 1. The van der Waals surface area contributed by atoms with Crippen LogP contribution in [0.2, 0.25) is 0 Å². The van der Waals surface area contributed by atoms with E-state index in [1.807, 2.05) is 0 Å². The van der Waals surface area contributed by atoms with Crippen LogP contribution in [0.4, 0.5) is 19.9 Å². The molecule has 3 aromatic rings. The third-order valence-corrected chi connectivity index (χ3v) is 10.7. The van der Waals surface area contributed by atoms with Gasteiger partial charge in [-0.15, -0.1) is 15.6 Å². The maximum absolute atomic E-state index is 14.0. The van der Waals surface area contributed by atoms with Crippen LogP contribution in [0, 0.1) is 5.92 Å². The first-order chi connectivity index (χ1) is 28.5. The van der Waals surface area contributed by atoms with Crippen LogP contribution >= 0.6 is 22.7 Å². The number of thiazole rings is 2. The Bertz CT molecular complexity index is 2340. The van der Waals surface area contributed by atoms with Crippen LogP contribution in [0.25, 0.3) is 10.2 Å². The number of nitrogens with zero attached hydrogens (tertiary/aromatic N) is 5. The summed E-state index contributed by atoms with van der Waals surface area (Å²) in [7, 11) is -5.06. The van der Waals surface area contributed by atoms with Crippen molar-refractivity contribution >= 4 is 89.1 Å². The Kier molecular flexibility index (Phi) is 13.8. The molecule has 2 atom stereocenters. The summed E-state index contributed by atoms with van der Waals surface area (Å²) in [6, 6.07) is 5.08. The number of nitrogens with one attached hydrogen (secondary N) is 2. The van der Waals surface area contributed by atoms with Crippen molar-refractivity contribution < 1.29 is 65.0 Å². The van der Waals surface area contributed by atoms with Crippen molar-refractivity contribution in [2.45, 2.75) is 117 Å². The Morgan fingerprint density at radius 2 is 1.61 bits per heavy atom. The molecule has 5 rings (SSSR count). The maximum Gasteiger partial charge on any atom is 0.418 e. The quantitative estimate of drug-likeness (QED) is 0.0420. The number of rotatable bonds is 15. The topological polar surface area (TPSA) is 264 Å². The first kappa shape index (κ1) is 47.9. The maximum atomic E-state index is 14.0. The number of esters is 1. The average molecular weight is 926 g/mol. The van der Waals surface area contributed by atoms with Crippen LogP contribution in [-0.4, -0.2) is 123 Å². The Morgan fingerprint density at radius 3 is 2.21 bits per heavy atom. The third kappa shape index (κ3) is 12.9. The van der Waals surface area contributed by atoms with Gasteiger partial charge in [0.15, 0.2) is 21.8 Å². The van der Waals surface area contributed by atoms with Gasteiger partial charge in [-0.05, 0) is 94.4 Å². The number of likely N-dealkylation sites (tertiary alicyclic amines) is 1. The molecule has 4 heterocycles. The number of β-lactam (4-membered cyclic amide) rings is 1. The fourth-order valence-corrected chi connectivity index (χ4v) is 7.90. The fraction of sp³-hybridized carbons (Fsp3) is 0.579. The number of amides is 3. The number of ether oxygens (including phenoxy) is 4. The Balaban J connectivity index is 1.34. The number of hydroxylamine groups is 2. The molecule has 0 bridgehead atoms. The fourth-order valence-electron chi connectivity index (χ4n) is 5.79. The number of hydrogen-bond acceptors (Lipinski definition) is 19. The van der Waals surface area contributed by atoms with E-state index in [0.29, 0.717) is 34.6 Å². The Labute approximate surface area is 366 Å². The highest BCUT2D eigenvalue weighted by Gasteiger charge is 2.57. The van der Waals surface area contributed by atoms with E-state index in [2.05, 4.69) is 30.0 Å². The van der Waals surface area contributed by atoms with Crippen LogP contribution < -0.4 is 15.4 Å². The number of aromatic nitrogens is 2. The first-order valence-corrected chi connectivity index (χ1v) is 22.3. The second-order valence-electron chi connectivity index (χ2n) is 17.9. The second kappa shape index (κ2) is 17.9. The van der Waals surface area contributed by atoms with Crippen LogP contribution in [0.5, 0.6) is 5.75 Å². The van der Waals surface area contributed by atoms with Gasteiger partial charge in [0, 0.05) is 24.9 Å². The lowest BCUT2D eigenvalue weighted by molar-refractivity contribution is -0.228. The lowest BCUT2D eigenvalue weighted by Gasteiger charge is -2.50. The summed E-state index contributed by atoms with van der Waals surface area (Å²) in [5, 5.41) is 12.3. The van der Waals surface area contributed by atoms with Gasteiger partial charge in [0.05, 0.1) is 27.7 Å². The molecule has 24 heteroatoms. The van der Waals surface area contributed by atoms with Crippen molar-refractivity contribution in [1.82, 2.24) is 19.9 Å². The zero-order valence-corrected chi connectivity index (χ0v) is 38.5. The normalized spacial score (nSPS) is 17.7. The van der Waals surface area contributed by atoms with Crippen LogP contribution in [0.1, 0.15) is 88.3 Å². The third-order valence-electron chi connectivity index (χ3n) is 8.61. The number of oxime groups is 1. The number of carbonyl (C=O) groups is 5. The minimum Gasteiger partial charge on any atom is -0.489 e. The number of Topliss-reactive ketones (excluding diaryl/α,β-unsaturated/α-hetero) is 1. The van der Waals surface area contributed by atoms with Crippen molar-refractivity contribution in [3.8, 4) is 5.75 Å². The number of ketones is 1. The van der Waals surface area contributed by atoms with Gasteiger partial charge >= 0.3 is 28.6 Å². The number of carbonyl (C=O) groups excluding carboxylic acids is 5. The number of anilines is 2. The summed E-state index contributed by atoms with van der Waals surface area (Å²) in [5.74, 6) is -3.44. The van der Waals surface area contributed by atoms with Gasteiger partial charge in [0.25, 0.3) is 12.0 Å². The summed E-state index contributed by atoms with van der Waals surface area (Å²) in [5.41, 5.74) is -3.68. The summed E-state index contributed by atoms with van der Waals surface area (Å²) in [6.07, 6.45) is -3.33. The van der Waals surface area contributed by atoms with E-state index in [9.17, 15) is 32.4 Å². The molecule has 2 aromatic heterocycles. The molecule has 62 heavy (non-hydrogen) atoms. The molecule has 2 fully saturated rings. The predicted molar refractivity (Wildman–Crippen MR) is 226 cm³/mol. The summed E-state index contributed by atoms with van der Waals surface area (Å²) in [6.45, 7) is 18.7. The predicted octanol–water partition coefficient (Wildman–Crippen LogP) is 5.57. The molecule has 2 aliphatic heterocycles. The van der Waals surface area contributed by atoms with Crippen molar-refractivity contribution in [3.63, 3.8) is 0 Å². The number of fused-ring (bicyclic) bond motifs is 1. The molecule has 0 spiro atoms. The highest BCUT2D eigenvalue weighted by Crippen LogP contribution is 2.41. The van der Waals surface area contributed by atoms with E-state index in [1.54, 1.807) is 85.4 Å².